The highest BCUT2D eigenvalue weighted by molar-refractivity contribution is 7.92. The smallest absolute Gasteiger partial charge is 0.264 e. The fourth-order valence-electron chi connectivity index (χ4n) is 3.58. The third-order valence-corrected chi connectivity index (χ3v) is 7.86. The highest BCUT2D eigenvalue weighted by Crippen LogP contribution is 2.34. The van der Waals surface area contributed by atoms with E-state index in [-0.39, 0.29) is 47.5 Å². The highest BCUT2D eigenvalue weighted by atomic mass is 32.2. The first-order valence-corrected chi connectivity index (χ1v) is 11.4. The van der Waals surface area contributed by atoms with Crippen molar-refractivity contribution in [2.45, 2.75) is 24.6 Å². The number of hydrogen-bond donors (Lipinski definition) is 2. The van der Waals surface area contributed by atoms with Crippen molar-refractivity contribution < 1.29 is 36.7 Å². The monoisotopic (exact) mass is 468 g/mol. The molecule has 1 atom stereocenters. The summed E-state index contributed by atoms with van der Waals surface area (Å²) in [6.07, 6.45) is 0.541. The van der Waals surface area contributed by atoms with Gasteiger partial charge in [-0.15, -0.1) is 0 Å². The number of carbonyl (C=O) groups excluding carboxylic acids is 2. The van der Waals surface area contributed by atoms with Gasteiger partial charge in [0.05, 0.1) is 7.11 Å². The molecule has 1 aliphatic heterocycles. The van der Waals surface area contributed by atoms with Gasteiger partial charge < -0.3 is 9.64 Å². The third-order valence-electron chi connectivity index (χ3n) is 5.83. The van der Waals surface area contributed by atoms with Gasteiger partial charge in [-0.2, -0.15) is 0 Å². The molecule has 2 N–H and O–H groups in total. The molecule has 0 unspecified atom stereocenters. The second-order valence-electron chi connectivity index (χ2n) is 7.72. The van der Waals surface area contributed by atoms with Gasteiger partial charge in [-0.05, 0) is 37.1 Å². The van der Waals surface area contributed by atoms with Gasteiger partial charge in [0.2, 0.25) is 0 Å². The molecule has 8 nitrogen and oxygen atoms in total. The van der Waals surface area contributed by atoms with Crippen LogP contribution in [-0.4, -0.2) is 55.0 Å². The second kappa shape index (κ2) is 8.47. The van der Waals surface area contributed by atoms with Crippen molar-refractivity contribution in [3.63, 3.8) is 0 Å². The van der Waals surface area contributed by atoms with Crippen LogP contribution in [0.2, 0.25) is 0 Å². The van der Waals surface area contributed by atoms with E-state index in [4.69, 9.17) is 9.94 Å². The molecule has 1 aliphatic rings. The Morgan fingerprint density at radius 1 is 1.25 bits per heavy atom. The quantitative estimate of drug-likeness (QED) is 0.476. The number of sulfone groups is 1. The highest BCUT2D eigenvalue weighted by Gasteiger charge is 2.44. The Morgan fingerprint density at radius 3 is 2.47 bits per heavy atom. The lowest BCUT2D eigenvalue weighted by Crippen LogP contribution is -2.50. The molecular weight excluding hydrogens is 446 g/mol. The van der Waals surface area contributed by atoms with E-state index in [1.165, 1.54) is 41.8 Å². The number of ether oxygens (including phenoxy) is 1. The van der Waals surface area contributed by atoms with E-state index in [0.717, 1.165) is 19.2 Å². The second-order valence-corrected chi connectivity index (χ2v) is 10.2. The van der Waals surface area contributed by atoms with E-state index < -0.39 is 38.0 Å². The summed E-state index contributed by atoms with van der Waals surface area (Å²) in [5.74, 6) is -2.99. The first kappa shape index (κ1) is 23.6. The summed E-state index contributed by atoms with van der Waals surface area (Å²) >= 11 is 0. The standard InChI is InChI=1S/C21H22F2N2O6S/c1-21(20(27)24-28,32(3,29)30)8-9-25-11-15-14(19(25)26)6-5-13(18(15)23)12-4-7-17(31-2)16(22)10-12/h4-7,10,28H,8-9,11H2,1-3H3,(H,24,27)/t21-/m1/s1. The molecule has 3 rings (SSSR count). The Hall–Kier alpha value is -3.05. The zero-order valence-electron chi connectivity index (χ0n) is 17.6. The Bertz CT molecular complexity index is 1200. The normalized spacial score (nSPS) is 15.3. The van der Waals surface area contributed by atoms with Gasteiger partial charge in [0, 0.05) is 36.0 Å². The number of carbonyl (C=O) groups is 2. The van der Waals surface area contributed by atoms with Crippen molar-refractivity contribution in [3.8, 4) is 16.9 Å². The van der Waals surface area contributed by atoms with Gasteiger partial charge in [-0.1, -0.05) is 12.1 Å². The molecule has 0 bridgehead atoms. The summed E-state index contributed by atoms with van der Waals surface area (Å²) < 4.78 is 56.4. The average Bonchev–Trinajstić information content (AvgIpc) is 3.07. The summed E-state index contributed by atoms with van der Waals surface area (Å²) in [7, 11) is -2.63. The summed E-state index contributed by atoms with van der Waals surface area (Å²) in [5, 5.41) is 8.92. The predicted octanol–water partition coefficient (Wildman–Crippen LogP) is 2.29. The van der Waals surface area contributed by atoms with Crippen LogP contribution in [0.5, 0.6) is 5.75 Å². The first-order valence-electron chi connectivity index (χ1n) is 9.53. The lowest BCUT2D eigenvalue weighted by Gasteiger charge is -2.27. The van der Waals surface area contributed by atoms with Crippen LogP contribution in [0, 0.1) is 11.6 Å². The lowest BCUT2D eigenvalue weighted by atomic mass is 9.99. The van der Waals surface area contributed by atoms with Crippen molar-refractivity contribution in [2.24, 2.45) is 0 Å². The molecule has 0 fully saturated rings. The zero-order chi connectivity index (χ0) is 23.8. The van der Waals surface area contributed by atoms with E-state index in [1.807, 2.05) is 0 Å². The molecule has 32 heavy (non-hydrogen) atoms. The van der Waals surface area contributed by atoms with Crippen LogP contribution in [0.25, 0.3) is 11.1 Å². The van der Waals surface area contributed by atoms with Gasteiger partial charge in [0.1, 0.15) is 5.82 Å². The number of rotatable bonds is 7. The Morgan fingerprint density at radius 2 is 1.91 bits per heavy atom. The minimum absolute atomic E-state index is 0.0116. The largest absolute Gasteiger partial charge is 0.494 e. The number of hydrogen-bond acceptors (Lipinski definition) is 6. The number of nitrogens with one attached hydrogen (secondary N) is 1. The van der Waals surface area contributed by atoms with Crippen LogP contribution >= 0.6 is 0 Å². The number of halogens is 2. The molecule has 0 saturated heterocycles. The summed E-state index contributed by atoms with van der Waals surface area (Å²) in [4.78, 5) is 25.9. The maximum absolute atomic E-state index is 15.2. The SMILES string of the molecule is COc1ccc(-c2ccc3c(c2F)CN(CC[C@](C)(C(=O)NO)S(C)(=O)=O)C3=O)cc1F. The molecule has 0 radical (unpaired) electrons. The number of fused-ring (bicyclic) bond motifs is 1. The number of nitrogens with zero attached hydrogens (tertiary/aromatic N) is 1. The van der Waals surface area contributed by atoms with Gasteiger partial charge in [-0.25, -0.2) is 22.7 Å². The molecule has 0 spiro atoms. The maximum Gasteiger partial charge on any atom is 0.264 e. The number of hydroxylamine groups is 1. The van der Waals surface area contributed by atoms with Crippen molar-refractivity contribution in [1.82, 2.24) is 10.4 Å². The summed E-state index contributed by atoms with van der Waals surface area (Å²) in [5.41, 5.74) is 1.90. The van der Waals surface area contributed by atoms with Crippen LogP contribution in [-0.2, 0) is 21.2 Å². The van der Waals surface area contributed by atoms with Crippen molar-refractivity contribution in [3.05, 3.63) is 53.1 Å². The van der Waals surface area contributed by atoms with E-state index in [9.17, 15) is 22.4 Å². The molecule has 0 saturated carbocycles. The predicted molar refractivity (Wildman–Crippen MR) is 111 cm³/mol. The van der Waals surface area contributed by atoms with Gasteiger partial charge in [0.25, 0.3) is 11.8 Å². The summed E-state index contributed by atoms with van der Waals surface area (Å²) in [6.45, 7) is 0.821. The van der Waals surface area contributed by atoms with Gasteiger partial charge in [-0.3, -0.25) is 14.8 Å². The molecule has 172 valence electrons. The molecule has 2 aromatic rings. The van der Waals surface area contributed by atoms with Crippen LogP contribution in [0.1, 0.15) is 29.3 Å². The summed E-state index contributed by atoms with van der Waals surface area (Å²) in [6, 6.07) is 6.79. The molecule has 2 aromatic carbocycles. The van der Waals surface area contributed by atoms with Gasteiger partial charge >= 0.3 is 0 Å². The van der Waals surface area contributed by atoms with Crippen molar-refractivity contribution in [2.75, 3.05) is 19.9 Å². The Balaban J connectivity index is 1.88. The first-order chi connectivity index (χ1) is 14.9. The number of methoxy groups -OCH3 is 1. The zero-order valence-corrected chi connectivity index (χ0v) is 18.4. The maximum atomic E-state index is 15.2. The average molecular weight is 468 g/mol. The number of amides is 2. The van der Waals surface area contributed by atoms with Crippen LogP contribution < -0.4 is 10.2 Å². The molecule has 0 aliphatic carbocycles. The molecule has 11 heteroatoms. The fraction of sp³-hybridized carbons (Fsp3) is 0.333. The Labute approximate surface area is 183 Å². The topological polar surface area (TPSA) is 113 Å². The number of benzene rings is 2. The molecular formula is C21H22F2N2O6S. The minimum Gasteiger partial charge on any atom is -0.494 e. The molecule has 2 amide bonds. The van der Waals surface area contributed by atoms with Crippen LogP contribution in [0.4, 0.5) is 8.78 Å². The minimum atomic E-state index is -3.94. The van der Waals surface area contributed by atoms with Crippen LogP contribution in [0.3, 0.4) is 0 Å². The fourth-order valence-corrected chi connectivity index (χ4v) is 4.43. The van der Waals surface area contributed by atoms with Crippen molar-refractivity contribution >= 4 is 21.7 Å². The van der Waals surface area contributed by atoms with E-state index in [0.29, 0.717) is 0 Å². The molecule has 1 heterocycles. The third kappa shape index (κ3) is 3.93. The van der Waals surface area contributed by atoms with E-state index >= 15 is 4.39 Å². The van der Waals surface area contributed by atoms with E-state index in [2.05, 4.69) is 0 Å². The van der Waals surface area contributed by atoms with E-state index in [1.54, 1.807) is 0 Å². The van der Waals surface area contributed by atoms with Crippen LogP contribution in [0.15, 0.2) is 30.3 Å². The molecule has 0 aromatic heterocycles. The lowest BCUT2D eigenvalue weighted by molar-refractivity contribution is -0.131. The van der Waals surface area contributed by atoms with Gasteiger partial charge in [0.15, 0.2) is 26.2 Å². The Kier molecular flexibility index (Phi) is 6.25. The van der Waals surface area contributed by atoms with Crippen molar-refractivity contribution in [1.29, 1.82) is 0 Å².